The minimum absolute atomic E-state index is 0.276. The van der Waals surface area contributed by atoms with Gasteiger partial charge in [0.15, 0.2) is 0 Å². The van der Waals surface area contributed by atoms with E-state index in [2.05, 4.69) is 23.7 Å². The molecular weight excluding hydrogens is 174 g/mol. The first-order valence-electron chi connectivity index (χ1n) is 5.42. The van der Waals surface area contributed by atoms with Gasteiger partial charge in [-0.2, -0.15) is 0 Å². The molecule has 1 fully saturated rings. The van der Waals surface area contributed by atoms with Crippen LogP contribution in [0.3, 0.4) is 0 Å². The van der Waals surface area contributed by atoms with E-state index in [9.17, 15) is 4.79 Å². The zero-order chi connectivity index (χ0) is 10.4. The molecule has 2 heteroatoms. The van der Waals surface area contributed by atoms with Crippen molar-refractivity contribution in [2.75, 3.05) is 19.6 Å². The number of nitrogens with zero attached hydrogens (tertiary/aromatic N) is 1. The van der Waals surface area contributed by atoms with E-state index in [0.717, 1.165) is 38.9 Å². The fourth-order valence-electron chi connectivity index (χ4n) is 1.88. The van der Waals surface area contributed by atoms with Crippen LogP contribution in [0.5, 0.6) is 0 Å². The molecule has 14 heavy (non-hydrogen) atoms. The van der Waals surface area contributed by atoms with Crippen molar-refractivity contribution < 1.29 is 4.79 Å². The largest absolute Gasteiger partial charge is 0.301 e. The highest BCUT2D eigenvalue weighted by Crippen LogP contribution is 2.15. The first-order chi connectivity index (χ1) is 6.77. The van der Waals surface area contributed by atoms with Gasteiger partial charge in [-0.05, 0) is 13.3 Å². The monoisotopic (exact) mass is 193 g/mol. The van der Waals surface area contributed by atoms with Gasteiger partial charge in [-0.25, -0.2) is 0 Å². The van der Waals surface area contributed by atoms with Crippen LogP contribution in [0, 0.1) is 17.8 Å². The third-order valence-corrected chi connectivity index (χ3v) is 2.83. The molecule has 1 rings (SSSR count). The molecule has 0 amide bonds. The molecule has 1 aliphatic heterocycles. The van der Waals surface area contributed by atoms with Gasteiger partial charge in [-0.3, -0.25) is 4.79 Å². The molecule has 0 aromatic carbocycles. The first kappa shape index (κ1) is 11.3. The highest BCUT2D eigenvalue weighted by Gasteiger charge is 2.24. The number of piperidine rings is 1. The van der Waals surface area contributed by atoms with Crippen LogP contribution in [-0.4, -0.2) is 30.3 Å². The molecule has 1 saturated heterocycles. The molecule has 0 aromatic rings. The van der Waals surface area contributed by atoms with Crippen molar-refractivity contribution >= 4 is 5.78 Å². The minimum atomic E-state index is 0.276. The van der Waals surface area contributed by atoms with Crippen LogP contribution in [-0.2, 0) is 4.79 Å². The predicted molar refractivity (Wildman–Crippen MR) is 57.9 cm³/mol. The summed E-state index contributed by atoms with van der Waals surface area (Å²) in [7, 11) is 0. The second-order valence-electron chi connectivity index (χ2n) is 3.80. The molecule has 1 atom stereocenters. The topological polar surface area (TPSA) is 20.3 Å². The number of likely N-dealkylation sites (tertiary alicyclic amines) is 1. The smallest absolute Gasteiger partial charge is 0.138 e. The van der Waals surface area contributed by atoms with E-state index in [4.69, 9.17) is 0 Å². The van der Waals surface area contributed by atoms with Crippen molar-refractivity contribution in [2.45, 2.75) is 33.1 Å². The van der Waals surface area contributed by atoms with Gasteiger partial charge in [0.05, 0.1) is 0 Å². The maximum atomic E-state index is 11.4. The van der Waals surface area contributed by atoms with E-state index in [1.54, 1.807) is 0 Å². The van der Waals surface area contributed by atoms with Gasteiger partial charge < -0.3 is 4.90 Å². The number of carbonyl (C=O) groups is 1. The third kappa shape index (κ3) is 3.16. The summed E-state index contributed by atoms with van der Waals surface area (Å²) in [5.74, 6) is 6.69. The number of hydrogen-bond donors (Lipinski definition) is 0. The van der Waals surface area contributed by atoms with Crippen LogP contribution in [0.15, 0.2) is 0 Å². The Morgan fingerprint density at radius 3 is 3.00 bits per heavy atom. The molecule has 0 aliphatic carbocycles. The van der Waals surface area contributed by atoms with Crippen molar-refractivity contribution in [3.63, 3.8) is 0 Å². The summed E-state index contributed by atoms with van der Waals surface area (Å²) >= 11 is 0. The highest BCUT2D eigenvalue weighted by molar-refractivity contribution is 5.82. The van der Waals surface area contributed by atoms with Gasteiger partial charge in [0.25, 0.3) is 0 Å². The molecule has 0 aromatic heterocycles. The quantitative estimate of drug-likeness (QED) is 0.636. The summed E-state index contributed by atoms with van der Waals surface area (Å²) in [6.45, 7) is 6.86. The van der Waals surface area contributed by atoms with Crippen LogP contribution < -0.4 is 0 Å². The maximum absolute atomic E-state index is 11.4. The Labute approximate surface area is 86.7 Å². The molecular formula is C12H19NO. The van der Waals surface area contributed by atoms with E-state index in [-0.39, 0.29) is 5.92 Å². The summed E-state index contributed by atoms with van der Waals surface area (Å²) in [6.07, 6.45) is 2.65. The van der Waals surface area contributed by atoms with Crippen LogP contribution in [0.4, 0.5) is 0 Å². The number of carbonyl (C=O) groups excluding carboxylic acids is 1. The highest BCUT2D eigenvalue weighted by atomic mass is 16.1. The van der Waals surface area contributed by atoms with Gasteiger partial charge in [0.1, 0.15) is 5.78 Å². The van der Waals surface area contributed by atoms with Crippen molar-refractivity contribution in [1.29, 1.82) is 0 Å². The number of hydrogen-bond acceptors (Lipinski definition) is 2. The number of rotatable bonds is 3. The van der Waals surface area contributed by atoms with Crippen LogP contribution in [0.1, 0.15) is 33.1 Å². The lowest BCUT2D eigenvalue weighted by Gasteiger charge is -2.30. The van der Waals surface area contributed by atoms with E-state index in [1.807, 2.05) is 6.92 Å². The number of ketones is 1. The summed E-state index contributed by atoms with van der Waals surface area (Å²) in [5.41, 5.74) is 0. The second-order valence-corrected chi connectivity index (χ2v) is 3.80. The first-order valence-corrected chi connectivity index (χ1v) is 5.42. The lowest BCUT2D eigenvalue weighted by molar-refractivity contribution is -0.126. The second kappa shape index (κ2) is 5.82. The van der Waals surface area contributed by atoms with Gasteiger partial charge in [0.2, 0.25) is 0 Å². The molecule has 0 bridgehead atoms. The maximum Gasteiger partial charge on any atom is 0.138 e. The number of Topliss-reactive ketones (excluding diaryl/α,β-unsaturated/α-hetero) is 1. The van der Waals surface area contributed by atoms with Crippen LogP contribution in [0.2, 0.25) is 0 Å². The minimum Gasteiger partial charge on any atom is -0.301 e. The van der Waals surface area contributed by atoms with Crippen molar-refractivity contribution in [1.82, 2.24) is 4.90 Å². The molecule has 2 nitrogen and oxygen atoms in total. The fourth-order valence-corrected chi connectivity index (χ4v) is 1.88. The Morgan fingerprint density at radius 2 is 2.36 bits per heavy atom. The Hall–Kier alpha value is -0.810. The average molecular weight is 193 g/mol. The van der Waals surface area contributed by atoms with Gasteiger partial charge in [-0.15, -0.1) is 11.8 Å². The lowest BCUT2D eigenvalue weighted by atomic mass is 9.94. The summed E-state index contributed by atoms with van der Waals surface area (Å²) in [4.78, 5) is 13.8. The lowest BCUT2D eigenvalue weighted by Crippen LogP contribution is -2.40. The third-order valence-electron chi connectivity index (χ3n) is 2.83. The van der Waals surface area contributed by atoms with Gasteiger partial charge in [-0.1, -0.05) is 6.92 Å². The van der Waals surface area contributed by atoms with E-state index < -0.39 is 0 Å². The molecule has 1 unspecified atom stereocenters. The van der Waals surface area contributed by atoms with Crippen molar-refractivity contribution in [3.05, 3.63) is 0 Å². The Morgan fingerprint density at radius 1 is 1.57 bits per heavy atom. The molecule has 78 valence electrons. The molecule has 0 spiro atoms. The van der Waals surface area contributed by atoms with Gasteiger partial charge >= 0.3 is 0 Å². The Balaban J connectivity index is 2.33. The predicted octanol–water partition coefficient (Wildman–Crippen LogP) is 1.70. The fraction of sp³-hybridized carbons (Fsp3) is 0.750. The molecule has 1 heterocycles. The zero-order valence-corrected chi connectivity index (χ0v) is 9.18. The summed E-state index contributed by atoms with van der Waals surface area (Å²) in [6, 6.07) is 0. The zero-order valence-electron chi connectivity index (χ0n) is 9.18. The molecule has 0 N–H and O–H groups in total. The van der Waals surface area contributed by atoms with Crippen LogP contribution in [0.25, 0.3) is 0 Å². The SMILES string of the molecule is CC#CCCN1CCC(=O)C(CC)C1. The molecule has 0 radical (unpaired) electrons. The van der Waals surface area contributed by atoms with Crippen molar-refractivity contribution in [3.8, 4) is 11.8 Å². The van der Waals surface area contributed by atoms with Gasteiger partial charge in [0, 0.05) is 38.4 Å². The van der Waals surface area contributed by atoms with Crippen LogP contribution >= 0.6 is 0 Å². The van der Waals surface area contributed by atoms with Crippen molar-refractivity contribution in [2.24, 2.45) is 5.92 Å². The molecule has 1 aliphatic rings. The summed E-state index contributed by atoms with van der Waals surface area (Å²) in [5, 5.41) is 0. The average Bonchev–Trinajstić information content (AvgIpc) is 2.21. The standard InChI is InChI=1S/C12H19NO/c1-3-5-6-8-13-9-7-12(14)11(4-2)10-13/h11H,4,6-10H2,1-2H3. The Bertz CT molecular complexity index is 249. The van der Waals surface area contributed by atoms with E-state index >= 15 is 0 Å². The van der Waals surface area contributed by atoms with E-state index in [0.29, 0.717) is 5.78 Å². The Kier molecular flexibility index (Phi) is 4.69. The molecule has 0 saturated carbocycles. The summed E-state index contributed by atoms with van der Waals surface area (Å²) < 4.78 is 0. The van der Waals surface area contributed by atoms with E-state index in [1.165, 1.54) is 0 Å². The normalized spacial score (nSPS) is 23.0.